The molecule has 1 atom stereocenters. The maximum absolute atomic E-state index is 12.4. The molecule has 0 saturated carbocycles. The molecule has 6 heteroatoms. The molecule has 0 radical (unpaired) electrons. The van der Waals surface area contributed by atoms with Crippen LogP contribution in [0.15, 0.2) is 48.5 Å². The molecule has 0 aliphatic carbocycles. The number of amides is 1. The molecular weight excluding hydrogens is 330 g/mol. The molecule has 0 fully saturated rings. The van der Waals surface area contributed by atoms with E-state index in [0.717, 1.165) is 39.8 Å². The smallest absolute Gasteiger partial charge is 0.231 e. The Morgan fingerprint density at radius 1 is 1.12 bits per heavy atom. The molecule has 2 aliphatic rings. The van der Waals surface area contributed by atoms with Gasteiger partial charge in [0.25, 0.3) is 0 Å². The lowest BCUT2D eigenvalue weighted by Crippen LogP contribution is -2.24. The van der Waals surface area contributed by atoms with Crippen molar-refractivity contribution in [2.75, 3.05) is 12.1 Å². The number of para-hydroxylation sites is 1. The van der Waals surface area contributed by atoms with Crippen LogP contribution in [0.3, 0.4) is 0 Å². The number of fused-ring (bicyclic) bond motifs is 2. The second-order valence-corrected chi connectivity index (χ2v) is 6.51. The largest absolute Gasteiger partial charge is 0.454 e. The van der Waals surface area contributed by atoms with E-state index in [4.69, 9.17) is 14.6 Å². The third-order valence-electron chi connectivity index (χ3n) is 4.90. The van der Waals surface area contributed by atoms with Gasteiger partial charge in [-0.1, -0.05) is 24.3 Å². The molecule has 2 aromatic carbocycles. The number of carbonyl (C=O) groups excluding carboxylic acids is 1. The maximum Gasteiger partial charge on any atom is 0.231 e. The van der Waals surface area contributed by atoms with Crippen LogP contribution in [0.25, 0.3) is 5.69 Å². The number of benzene rings is 2. The summed E-state index contributed by atoms with van der Waals surface area (Å²) < 4.78 is 12.7. The SMILES string of the molecule is Cc1nn(-c2ccccc2)c2c1[C@H](c1ccc3c(c1)OCO3)CC(=O)N2. The molecule has 0 saturated heterocycles. The molecule has 3 aromatic rings. The fourth-order valence-corrected chi connectivity index (χ4v) is 3.72. The average Bonchev–Trinajstić information content (AvgIpc) is 3.25. The zero-order valence-corrected chi connectivity index (χ0v) is 14.2. The summed E-state index contributed by atoms with van der Waals surface area (Å²) in [4.78, 5) is 12.4. The predicted octanol–water partition coefficient (Wildman–Crippen LogP) is 3.38. The van der Waals surface area contributed by atoms with Crippen molar-refractivity contribution < 1.29 is 14.3 Å². The number of nitrogens with zero attached hydrogens (tertiary/aromatic N) is 2. The minimum atomic E-state index is -0.0642. The van der Waals surface area contributed by atoms with Crippen LogP contribution in [0.5, 0.6) is 11.5 Å². The third-order valence-corrected chi connectivity index (χ3v) is 4.90. The highest BCUT2D eigenvalue weighted by atomic mass is 16.7. The quantitative estimate of drug-likeness (QED) is 0.772. The van der Waals surface area contributed by atoms with Crippen LogP contribution >= 0.6 is 0 Å². The molecule has 0 unspecified atom stereocenters. The summed E-state index contributed by atoms with van der Waals surface area (Å²) in [6.45, 7) is 2.22. The van der Waals surface area contributed by atoms with Gasteiger partial charge >= 0.3 is 0 Å². The lowest BCUT2D eigenvalue weighted by molar-refractivity contribution is -0.116. The van der Waals surface area contributed by atoms with Gasteiger partial charge in [-0.25, -0.2) is 4.68 Å². The zero-order chi connectivity index (χ0) is 17.7. The predicted molar refractivity (Wildman–Crippen MR) is 96.0 cm³/mol. The fourth-order valence-electron chi connectivity index (χ4n) is 3.72. The molecule has 6 nitrogen and oxygen atoms in total. The Balaban J connectivity index is 1.65. The molecule has 1 aromatic heterocycles. The van der Waals surface area contributed by atoms with E-state index in [9.17, 15) is 4.79 Å². The number of anilines is 1. The van der Waals surface area contributed by atoms with Crippen molar-refractivity contribution in [1.29, 1.82) is 0 Å². The number of ether oxygens (including phenoxy) is 2. The average molecular weight is 347 g/mol. The van der Waals surface area contributed by atoms with Crippen LogP contribution in [0.4, 0.5) is 5.82 Å². The van der Waals surface area contributed by atoms with Crippen molar-refractivity contribution in [2.24, 2.45) is 0 Å². The Morgan fingerprint density at radius 2 is 1.92 bits per heavy atom. The molecular formula is C20H17N3O3. The minimum absolute atomic E-state index is 0.0164. The number of hydrogen-bond donors (Lipinski definition) is 1. The van der Waals surface area contributed by atoms with Gasteiger partial charge < -0.3 is 14.8 Å². The van der Waals surface area contributed by atoms with Crippen LogP contribution in [0.2, 0.25) is 0 Å². The zero-order valence-electron chi connectivity index (χ0n) is 14.2. The van der Waals surface area contributed by atoms with Crippen LogP contribution < -0.4 is 14.8 Å². The van der Waals surface area contributed by atoms with E-state index in [1.807, 2.05) is 60.1 Å². The molecule has 130 valence electrons. The molecule has 5 rings (SSSR count). The summed E-state index contributed by atoms with van der Waals surface area (Å²) in [5, 5.41) is 7.70. The maximum atomic E-state index is 12.4. The third kappa shape index (κ3) is 2.26. The number of hydrogen-bond acceptors (Lipinski definition) is 4. The number of aromatic nitrogens is 2. The van der Waals surface area contributed by atoms with Gasteiger partial charge in [0.2, 0.25) is 12.7 Å². The van der Waals surface area contributed by atoms with E-state index in [-0.39, 0.29) is 18.6 Å². The molecule has 26 heavy (non-hydrogen) atoms. The molecule has 1 amide bonds. The Kier molecular flexibility index (Phi) is 3.25. The fraction of sp³-hybridized carbons (Fsp3) is 0.200. The van der Waals surface area contributed by atoms with E-state index < -0.39 is 0 Å². The van der Waals surface area contributed by atoms with E-state index in [1.54, 1.807) is 0 Å². The van der Waals surface area contributed by atoms with Crippen molar-refractivity contribution in [1.82, 2.24) is 9.78 Å². The summed E-state index contributed by atoms with van der Waals surface area (Å²) >= 11 is 0. The summed E-state index contributed by atoms with van der Waals surface area (Å²) in [5.74, 6) is 2.13. The number of rotatable bonds is 2. The van der Waals surface area contributed by atoms with Crippen LogP contribution in [0.1, 0.15) is 29.2 Å². The van der Waals surface area contributed by atoms with Crippen molar-refractivity contribution in [3.63, 3.8) is 0 Å². The summed E-state index contributed by atoms with van der Waals surface area (Å²) in [6.07, 6.45) is 0.383. The van der Waals surface area contributed by atoms with Crippen LogP contribution in [-0.4, -0.2) is 22.5 Å². The number of nitrogens with one attached hydrogen (secondary N) is 1. The topological polar surface area (TPSA) is 65.4 Å². The summed E-state index contributed by atoms with van der Waals surface area (Å²) in [7, 11) is 0. The summed E-state index contributed by atoms with van der Waals surface area (Å²) in [6, 6.07) is 15.7. The Hall–Kier alpha value is -3.28. The highest BCUT2D eigenvalue weighted by Crippen LogP contribution is 2.43. The van der Waals surface area contributed by atoms with Gasteiger partial charge in [-0.3, -0.25) is 4.79 Å². The normalized spacial score (nSPS) is 17.7. The Bertz CT molecular complexity index is 1010. The lowest BCUT2D eigenvalue weighted by Gasteiger charge is -2.24. The van der Waals surface area contributed by atoms with Gasteiger partial charge in [0, 0.05) is 17.9 Å². The van der Waals surface area contributed by atoms with Crippen molar-refractivity contribution in [3.8, 4) is 17.2 Å². The first kappa shape index (κ1) is 15.0. The Morgan fingerprint density at radius 3 is 2.77 bits per heavy atom. The van der Waals surface area contributed by atoms with E-state index in [0.29, 0.717) is 6.42 Å². The molecule has 3 heterocycles. The van der Waals surface area contributed by atoms with Crippen LogP contribution in [-0.2, 0) is 4.79 Å². The first-order chi connectivity index (χ1) is 12.7. The lowest BCUT2D eigenvalue weighted by atomic mass is 9.85. The molecule has 2 aliphatic heterocycles. The number of carbonyl (C=O) groups is 1. The van der Waals surface area contributed by atoms with Gasteiger partial charge in [0.15, 0.2) is 11.5 Å². The van der Waals surface area contributed by atoms with Gasteiger partial charge in [-0.2, -0.15) is 5.10 Å². The van der Waals surface area contributed by atoms with Crippen molar-refractivity contribution in [2.45, 2.75) is 19.3 Å². The van der Waals surface area contributed by atoms with Gasteiger partial charge in [-0.05, 0) is 36.8 Å². The van der Waals surface area contributed by atoms with Crippen molar-refractivity contribution >= 4 is 11.7 Å². The van der Waals surface area contributed by atoms with Gasteiger partial charge in [0.1, 0.15) is 5.82 Å². The second-order valence-electron chi connectivity index (χ2n) is 6.51. The molecule has 0 bridgehead atoms. The first-order valence-corrected chi connectivity index (χ1v) is 8.55. The van der Waals surface area contributed by atoms with E-state index in [2.05, 4.69) is 5.32 Å². The highest BCUT2D eigenvalue weighted by Gasteiger charge is 2.33. The first-order valence-electron chi connectivity index (χ1n) is 8.55. The minimum Gasteiger partial charge on any atom is -0.454 e. The standard InChI is InChI=1S/C20H17N3O3/c1-12-19-15(13-7-8-16-17(9-13)26-11-25-16)10-18(24)21-20(19)23(22-12)14-5-3-2-4-6-14/h2-9,15H,10-11H2,1H3,(H,21,24)/t15-/m0/s1. The van der Waals surface area contributed by atoms with Gasteiger partial charge in [-0.15, -0.1) is 0 Å². The second kappa shape index (κ2) is 5.62. The Labute approximate surface area is 150 Å². The molecule has 0 spiro atoms. The monoisotopic (exact) mass is 347 g/mol. The highest BCUT2D eigenvalue weighted by molar-refractivity contribution is 5.95. The van der Waals surface area contributed by atoms with Crippen molar-refractivity contribution in [3.05, 3.63) is 65.4 Å². The van der Waals surface area contributed by atoms with Crippen LogP contribution in [0, 0.1) is 6.92 Å². The summed E-state index contributed by atoms with van der Waals surface area (Å²) in [5.41, 5.74) is 3.91. The molecule has 1 N–H and O–H groups in total. The van der Waals surface area contributed by atoms with Gasteiger partial charge in [0.05, 0.1) is 11.4 Å². The van der Waals surface area contributed by atoms with E-state index in [1.165, 1.54) is 0 Å². The van der Waals surface area contributed by atoms with E-state index >= 15 is 0 Å². The number of aryl methyl sites for hydroxylation is 1.